The molecule has 3 rings (SSSR count). The summed E-state index contributed by atoms with van der Waals surface area (Å²) in [5.41, 5.74) is 1.64. The monoisotopic (exact) mass is 402 g/mol. The van der Waals surface area contributed by atoms with Crippen LogP contribution in [0.25, 0.3) is 11.1 Å². The lowest BCUT2D eigenvalue weighted by Crippen LogP contribution is -2.18. The highest BCUT2D eigenvalue weighted by Gasteiger charge is 2.19. The molecule has 0 heterocycles. The van der Waals surface area contributed by atoms with Crippen LogP contribution in [0.1, 0.15) is 0 Å². The maximum absolute atomic E-state index is 12.9. The first-order chi connectivity index (χ1) is 12.8. The molecule has 0 atom stereocenters. The summed E-state index contributed by atoms with van der Waals surface area (Å²) in [5.74, 6) is 0. The molecular formula is C19H18N2O4S2. The van der Waals surface area contributed by atoms with Crippen LogP contribution in [0.15, 0.2) is 88.7 Å². The van der Waals surface area contributed by atoms with Crippen LogP contribution in [0.2, 0.25) is 0 Å². The van der Waals surface area contributed by atoms with Gasteiger partial charge in [0.25, 0.3) is 10.0 Å². The van der Waals surface area contributed by atoms with E-state index in [4.69, 9.17) is 0 Å². The van der Waals surface area contributed by atoms with Crippen molar-refractivity contribution in [3.05, 3.63) is 78.9 Å². The van der Waals surface area contributed by atoms with Gasteiger partial charge in [0.2, 0.25) is 10.0 Å². The smallest absolute Gasteiger partial charge is 0.262 e. The average molecular weight is 402 g/mol. The third kappa shape index (κ3) is 4.19. The molecule has 6 nitrogen and oxygen atoms in total. The molecule has 0 fully saturated rings. The Hall–Kier alpha value is -2.68. The zero-order valence-corrected chi connectivity index (χ0v) is 16.1. The maximum Gasteiger partial charge on any atom is 0.262 e. The van der Waals surface area contributed by atoms with E-state index >= 15 is 0 Å². The van der Waals surface area contributed by atoms with Crippen molar-refractivity contribution >= 4 is 25.7 Å². The molecule has 0 bridgehead atoms. The summed E-state index contributed by atoms with van der Waals surface area (Å²) < 4.78 is 54.0. The van der Waals surface area contributed by atoms with Gasteiger partial charge in [0.05, 0.1) is 9.79 Å². The first-order valence-electron chi connectivity index (χ1n) is 8.04. The van der Waals surface area contributed by atoms with Crippen molar-refractivity contribution in [2.24, 2.45) is 0 Å². The van der Waals surface area contributed by atoms with Crippen LogP contribution in [-0.2, 0) is 20.0 Å². The van der Waals surface area contributed by atoms with Crippen LogP contribution in [0, 0.1) is 0 Å². The van der Waals surface area contributed by atoms with Crippen molar-refractivity contribution in [3.8, 4) is 11.1 Å². The zero-order valence-electron chi connectivity index (χ0n) is 14.5. The van der Waals surface area contributed by atoms with Gasteiger partial charge in [-0.05, 0) is 42.9 Å². The predicted octanol–water partition coefficient (Wildman–Crippen LogP) is 3.06. The van der Waals surface area contributed by atoms with E-state index in [9.17, 15) is 16.8 Å². The van der Waals surface area contributed by atoms with Gasteiger partial charge in [0.15, 0.2) is 0 Å². The highest BCUT2D eigenvalue weighted by molar-refractivity contribution is 7.92. The average Bonchev–Trinajstić information content (AvgIpc) is 2.69. The van der Waals surface area contributed by atoms with Gasteiger partial charge in [0.1, 0.15) is 0 Å². The third-order valence-electron chi connectivity index (χ3n) is 3.95. The number of sulfonamides is 2. The second kappa shape index (κ2) is 7.51. The van der Waals surface area contributed by atoms with E-state index in [2.05, 4.69) is 9.44 Å². The van der Waals surface area contributed by atoms with Gasteiger partial charge >= 0.3 is 0 Å². The molecule has 27 heavy (non-hydrogen) atoms. The summed E-state index contributed by atoms with van der Waals surface area (Å²) in [7, 11) is -6.13. The van der Waals surface area contributed by atoms with Crippen molar-refractivity contribution < 1.29 is 16.8 Å². The maximum atomic E-state index is 12.9. The van der Waals surface area contributed by atoms with Crippen molar-refractivity contribution in [2.45, 2.75) is 9.79 Å². The van der Waals surface area contributed by atoms with E-state index < -0.39 is 20.0 Å². The topological polar surface area (TPSA) is 92.3 Å². The molecule has 0 amide bonds. The third-order valence-corrected chi connectivity index (χ3v) is 6.82. The molecule has 0 aliphatic heterocycles. The summed E-state index contributed by atoms with van der Waals surface area (Å²) in [6.45, 7) is 0. The molecule has 140 valence electrons. The van der Waals surface area contributed by atoms with Gasteiger partial charge in [-0.15, -0.1) is 0 Å². The molecule has 8 heteroatoms. The zero-order chi connectivity index (χ0) is 19.5. The van der Waals surface area contributed by atoms with E-state index in [0.717, 1.165) is 5.56 Å². The lowest BCUT2D eigenvalue weighted by Gasteiger charge is -2.13. The van der Waals surface area contributed by atoms with Gasteiger partial charge in [0, 0.05) is 11.3 Å². The minimum absolute atomic E-state index is 0.0534. The van der Waals surface area contributed by atoms with Crippen LogP contribution in [0.3, 0.4) is 0 Å². The summed E-state index contributed by atoms with van der Waals surface area (Å²) in [4.78, 5) is 0.195. The summed E-state index contributed by atoms with van der Waals surface area (Å²) in [5, 5.41) is 0. The van der Waals surface area contributed by atoms with Gasteiger partial charge in [-0.1, -0.05) is 48.5 Å². The van der Waals surface area contributed by atoms with Crippen LogP contribution >= 0.6 is 0 Å². The van der Waals surface area contributed by atoms with Gasteiger partial charge in [-0.2, -0.15) is 0 Å². The van der Waals surface area contributed by atoms with E-state index in [1.54, 1.807) is 18.2 Å². The first-order valence-corrected chi connectivity index (χ1v) is 11.0. The van der Waals surface area contributed by atoms with E-state index in [1.165, 1.54) is 37.4 Å². The van der Waals surface area contributed by atoms with Crippen LogP contribution in [0.5, 0.6) is 0 Å². The van der Waals surface area contributed by atoms with Gasteiger partial charge in [-0.25, -0.2) is 21.6 Å². The summed E-state index contributed by atoms with van der Waals surface area (Å²) in [6, 6.07) is 21.4. The lowest BCUT2D eigenvalue weighted by molar-refractivity contribution is 0.588. The standard InChI is InChI=1S/C19H18N2O4S2/c1-20-26(22,23)17-13-11-16(12-14-17)21-27(24,25)19-10-6-5-9-18(19)15-7-3-2-4-8-15/h2-14,20-21H,1H3. The Morgan fingerprint density at radius 2 is 1.26 bits per heavy atom. The highest BCUT2D eigenvalue weighted by Crippen LogP contribution is 2.28. The Labute approximate surface area is 159 Å². The second-order valence-electron chi connectivity index (χ2n) is 5.70. The van der Waals surface area contributed by atoms with Crippen molar-refractivity contribution in [1.82, 2.24) is 4.72 Å². The Kier molecular flexibility index (Phi) is 5.31. The molecule has 0 saturated carbocycles. The normalized spacial score (nSPS) is 11.9. The summed E-state index contributed by atoms with van der Waals surface area (Å²) in [6.07, 6.45) is 0. The highest BCUT2D eigenvalue weighted by atomic mass is 32.2. The Bertz CT molecular complexity index is 1140. The number of rotatable bonds is 6. The van der Waals surface area contributed by atoms with E-state index in [-0.39, 0.29) is 15.5 Å². The molecule has 0 aliphatic rings. The number of benzene rings is 3. The van der Waals surface area contributed by atoms with Crippen LogP contribution in [0.4, 0.5) is 5.69 Å². The lowest BCUT2D eigenvalue weighted by atomic mass is 10.1. The van der Waals surface area contributed by atoms with Gasteiger partial charge < -0.3 is 0 Å². The van der Waals surface area contributed by atoms with Crippen molar-refractivity contribution in [2.75, 3.05) is 11.8 Å². The SMILES string of the molecule is CNS(=O)(=O)c1ccc(NS(=O)(=O)c2ccccc2-c2ccccc2)cc1. The molecule has 0 unspecified atom stereocenters. The number of anilines is 1. The molecule has 0 spiro atoms. The number of hydrogen-bond donors (Lipinski definition) is 2. The van der Waals surface area contributed by atoms with E-state index in [1.807, 2.05) is 30.3 Å². The Balaban J connectivity index is 1.95. The van der Waals surface area contributed by atoms with Crippen molar-refractivity contribution in [1.29, 1.82) is 0 Å². The minimum atomic E-state index is -3.86. The molecule has 3 aromatic carbocycles. The number of nitrogens with one attached hydrogen (secondary N) is 2. The summed E-state index contributed by atoms with van der Waals surface area (Å²) >= 11 is 0. The fourth-order valence-corrected chi connectivity index (χ4v) is 4.61. The molecule has 3 aromatic rings. The van der Waals surface area contributed by atoms with Crippen molar-refractivity contribution in [3.63, 3.8) is 0 Å². The molecule has 0 radical (unpaired) electrons. The quantitative estimate of drug-likeness (QED) is 0.663. The van der Waals surface area contributed by atoms with Crippen LogP contribution in [-0.4, -0.2) is 23.9 Å². The van der Waals surface area contributed by atoms with E-state index in [0.29, 0.717) is 5.56 Å². The molecule has 0 saturated heterocycles. The molecule has 0 aromatic heterocycles. The largest absolute Gasteiger partial charge is 0.280 e. The Morgan fingerprint density at radius 3 is 1.89 bits per heavy atom. The fraction of sp³-hybridized carbons (Fsp3) is 0.0526. The molecule has 0 aliphatic carbocycles. The second-order valence-corrected chi connectivity index (χ2v) is 9.24. The molecular weight excluding hydrogens is 384 g/mol. The molecule has 2 N–H and O–H groups in total. The van der Waals surface area contributed by atoms with Crippen LogP contribution < -0.4 is 9.44 Å². The number of hydrogen-bond acceptors (Lipinski definition) is 4. The first kappa shape index (κ1) is 19.1. The van der Waals surface area contributed by atoms with Gasteiger partial charge in [-0.3, -0.25) is 4.72 Å². The Morgan fingerprint density at radius 1 is 0.667 bits per heavy atom. The minimum Gasteiger partial charge on any atom is -0.280 e. The fourth-order valence-electron chi connectivity index (χ4n) is 2.59. The predicted molar refractivity (Wildman–Crippen MR) is 105 cm³/mol.